The van der Waals surface area contributed by atoms with Crippen LogP contribution in [0.3, 0.4) is 0 Å². The second-order valence-electron chi connectivity index (χ2n) is 4.04. The molecule has 0 fully saturated rings. The third kappa shape index (κ3) is 3.28. The molecule has 0 spiro atoms. The van der Waals surface area contributed by atoms with Crippen molar-refractivity contribution < 1.29 is 9.53 Å². The largest absolute Gasteiger partial charge is 0.481 e. The molecule has 0 saturated carbocycles. The van der Waals surface area contributed by atoms with Gasteiger partial charge in [-0.15, -0.1) is 0 Å². The Labute approximate surface area is 121 Å². The molecule has 0 aliphatic heterocycles. The van der Waals surface area contributed by atoms with Gasteiger partial charge in [0.15, 0.2) is 6.10 Å². The Morgan fingerprint density at radius 3 is 2.42 bits per heavy atom. The molecule has 2 rings (SSSR count). The van der Waals surface area contributed by atoms with E-state index in [0.717, 1.165) is 0 Å². The van der Waals surface area contributed by atoms with Crippen molar-refractivity contribution in [3.63, 3.8) is 0 Å². The summed E-state index contributed by atoms with van der Waals surface area (Å²) in [5.41, 5.74) is 0.605. The molecule has 98 valence electrons. The maximum atomic E-state index is 12.1. The van der Waals surface area contributed by atoms with Crippen LogP contribution in [0.25, 0.3) is 0 Å². The summed E-state index contributed by atoms with van der Waals surface area (Å²) in [5.74, 6) is 0.308. The minimum absolute atomic E-state index is 0.100. The Morgan fingerprint density at radius 1 is 1.05 bits per heavy atom. The summed E-state index contributed by atoms with van der Waals surface area (Å²) in [6.07, 6.45) is -0.627. The van der Waals surface area contributed by atoms with Gasteiger partial charge >= 0.3 is 0 Å². The van der Waals surface area contributed by atoms with E-state index in [0.29, 0.717) is 21.4 Å². The van der Waals surface area contributed by atoms with Gasteiger partial charge < -0.3 is 4.74 Å². The summed E-state index contributed by atoms with van der Waals surface area (Å²) in [6.45, 7) is 1.69. The van der Waals surface area contributed by atoms with Crippen molar-refractivity contribution in [3.05, 3.63) is 64.1 Å². The molecule has 0 heterocycles. The van der Waals surface area contributed by atoms with Gasteiger partial charge in [0.1, 0.15) is 10.8 Å². The van der Waals surface area contributed by atoms with Gasteiger partial charge in [0, 0.05) is 5.56 Å². The lowest BCUT2D eigenvalue weighted by molar-refractivity contribution is 0.0818. The molecule has 0 aliphatic rings. The van der Waals surface area contributed by atoms with E-state index < -0.39 is 6.10 Å². The molecule has 0 radical (unpaired) electrons. The lowest BCUT2D eigenvalue weighted by Gasteiger charge is -2.15. The highest BCUT2D eigenvalue weighted by molar-refractivity contribution is 6.42. The molecule has 19 heavy (non-hydrogen) atoms. The number of hydrogen-bond acceptors (Lipinski definition) is 2. The van der Waals surface area contributed by atoms with Gasteiger partial charge in [-0.05, 0) is 19.1 Å². The van der Waals surface area contributed by atoms with Crippen LogP contribution in [-0.2, 0) is 0 Å². The minimum Gasteiger partial charge on any atom is -0.481 e. The highest BCUT2D eigenvalue weighted by Gasteiger charge is 2.18. The molecular weight excluding hydrogens is 283 g/mol. The van der Waals surface area contributed by atoms with E-state index in [1.165, 1.54) is 0 Å². The first-order chi connectivity index (χ1) is 9.09. The smallest absolute Gasteiger partial charge is 0.202 e. The molecule has 2 nitrogen and oxygen atoms in total. The number of ether oxygens (including phenoxy) is 1. The van der Waals surface area contributed by atoms with Crippen molar-refractivity contribution >= 4 is 29.0 Å². The van der Waals surface area contributed by atoms with Crippen molar-refractivity contribution in [3.8, 4) is 5.75 Å². The van der Waals surface area contributed by atoms with Crippen molar-refractivity contribution in [1.82, 2.24) is 0 Å². The Morgan fingerprint density at radius 2 is 1.74 bits per heavy atom. The Kier molecular flexibility index (Phi) is 4.46. The summed E-state index contributed by atoms with van der Waals surface area (Å²) >= 11 is 11.9. The van der Waals surface area contributed by atoms with Gasteiger partial charge in [-0.25, -0.2) is 0 Å². The summed E-state index contributed by atoms with van der Waals surface area (Å²) in [6, 6.07) is 14.1. The molecule has 2 aromatic rings. The standard InChI is InChI=1S/C15H12Cl2O2/c1-10(15(18)11-6-3-2-4-7-11)19-13-9-5-8-12(16)14(13)17/h2-10H,1H3/t10-/m0/s1. The van der Waals surface area contributed by atoms with Gasteiger partial charge in [0.25, 0.3) is 0 Å². The average Bonchev–Trinajstić information content (AvgIpc) is 2.44. The number of Topliss-reactive ketones (excluding diaryl/α,β-unsaturated/α-hetero) is 1. The third-order valence-corrected chi connectivity index (χ3v) is 3.45. The molecule has 0 amide bonds. The van der Waals surface area contributed by atoms with Gasteiger partial charge in [-0.2, -0.15) is 0 Å². The molecule has 1 atom stereocenters. The third-order valence-electron chi connectivity index (χ3n) is 2.65. The molecule has 0 bridgehead atoms. The first-order valence-electron chi connectivity index (χ1n) is 5.79. The highest BCUT2D eigenvalue weighted by Crippen LogP contribution is 2.32. The molecule has 0 N–H and O–H groups in total. The predicted molar refractivity (Wildman–Crippen MR) is 77.3 cm³/mol. The number of benzene rings is 2. The maximum Gasteiger partial charge on any atom is 0.202 e. The van der Waals surface area contributed by atoms with Crippen LogP contribution >= 0.6 is 23.2 Å². The lowest BCUT2D eigenvalue weighted by Crippen LogP contribution is -2.23. The minimum atomic E-state index is -0.627. The fourth-order valence-electron chi connectivity index (χ4n) is 1.66. The van der Waals surface area contributed by atoms with Crippen LogP contribution in [0.5, 0.6) is 5.75 Å². The molecule has 0 aromatic heterocycles. The zero-order valence-corrected chi connectivity index (χ0v) is 11.8. The van der Waals surface area contributed by atoms with Gasteiger partial charge in [-0.1, -0.05) is 59.6 Å². The summed E-state index contributed by atoms with van der Waals surface area (Å²) in [7, 11) is 0. The van der Waals surface area contributed by atoms with Crippen LogP contribution in [0.15, 0.2) is 48.5 Å². The van der Waals surface area contributed by atoms with E-state index >= 15 is 0 Å². The fraction of sp³-hybridized carbons (Fsp3) is 0.133. The number of halogens is 2. The Balaban J connectivity index is 2.15. The maximum absolute atomic E-state index is 12.1. The average molecular weight is 295 g/mol. The number of carbonyl (C=O) groups excluding carboxylic acids is 1. The second-order valence-corrected chi connectivity index (χ2v) is 4.83. The molecule has 0 unspecified atom stereocenters. The molecule has 0 aliphatic carbocycles. The first kappa shape index (κ1) is 13.9. The first-order valence-corrected chi connectivity index (χ1v) is 6.55. The monoisotopic (exact) mass is 294 g/mol. The summed E-state index contributed by atoms with van der Waals surface area (Å²) < 4.78 is 5.58. The van der Waals surface area contributed by atoms with Crippen molar-refractivity contribution in [1.29, 1.82) is 0 Å². The van der Waals surface area contributed by atoms with Crippen LogP contribution in [0, 0.1) is 0 Å². The quantitative estimate of drug-likeness (QED) is 0.768. The SMILES string of the molecule is C[C@H](Oc1cccc(Cl)c1Cl)C(=O)c1ccccc1. The Bertz CT molecular complexity index is 582. The highest BCUT2D eigenvalue weighted by atomic mass is 35.5. The molecule has 4 heteroatoms. The predicted octanol–water partition coefficient (Wildman–Crippen LogP) is 4.64. The molecule has 0 saturated heterocycles. The van der Waals surface area contributed by atoms with E-state index in [9.17, 15) is 4.79 Å². The number of rotatable bonds is 4. The lowest BCUT2D eigenvalue weighted by atomic mass is 10.1. The van der Waals surface area contributed by atoms with Crippen molar-refractivity contribution in [2.45, 2.75) is 13.0 Å². The van der Waals surface area contributed by atoms with E-state index in [-0.39, 0.29) is 5.78 Å². The Hall–Kier alpha value is -1.51. The van der Waals surface area contributed by atoms with Crippen LogP contribution in [0.2, 0.25) is 10.0 Å². The van der Waals surface area contributed by atoms with E-state index in [1.807, 2.05) is 18.2 Å². The number of hydrogen-bond donors (Lipinski definition) is 0. The zero-order valence-electron chi connectivity index (χ0n) is 10.3. The normalized spacial score (nSPS) is 11.9. The van der Waals surface area contributed by atoms with Crippen LogP contribution in [0.1, 0.15) is 17.3 Å². The van der Waals surface area contributed by atoms with Crippen LogP contribution in [0.4, 0.5) is 0 Å². The van der Waals surface area contributed by atoms with E-state index in [1.54, 1.807) is 37.3 Å². The number of ketones is 1. The summed E-state index contributed by atoms with van der Waals surface area (Å²) in [5, 5.41) is 0.718. The topological polar surface area (TPSA) is 26.3 Å². The van der Waals surface area contributed by atoms with Crippen LogP contribution < -0.4 is 4.74 Å². The van der Waals surface area contributed by atoms with E-state index in [4.69, 9.17) is 27.9 Å². The van der Waals surface area contributed by atoms with Crippen molar-refractivity contribution in [2.24, 2.45) is 0 Å². The fourth-order valence-corrected chi connectivity index (χ4v) is 1.99. The van der Waals surface area contributed by atoms with Gasteiger partial charge in [0.2, 0.25) is 5.78 Å². The molecular formula is C15H12Cl2O2. The van der Waals surface area contributed by atoms with E-state index in [2.05, 4.69) is 0 Å². The van der Waals surface area contributed by atoms with Gasteiger partial charge in [0.05, 0.1) is 5.02 Å². The second kappa shape index (κ2) is 6.09. The van der Waals surface area contributed by atoms with Gasteiger partial charge in [-0.3, -0.25) is 4.79 Å². The zero-order chi connectivity index (χ0) is 13.8. The molecule has 2 aromatic carbocycles. The summed E-state index contributed by atoms with van der Waals surface area (Å²) in [4.78, 5) is 12.1. The van der Waals surface area contributed by atoms with Crippen LogP contribution in [-0.4, -0.2) is 11.9 Å². The van der Waals surface area contributed by atoms with Crippen molar-refractivity contribution in [2.75, 3.05) is 0 Å². The number of carbonyl (C=O) groups is 1.